The van der Waals surface area contributed by atoms with E-state index in [4.69, 9.17) is 0 Å². The van der Waals surface area contributed by atoms with Crippen LogP contribution in [-0.4, -0.2) is 17.0 Å². The number of anilines is 1. The second-order valence-corrected chi connectivity index (χ2v) is 4.09. The Kier molecular flexibility index (Phi) is 3.70. The van der Waals surface area contributed by atoms with Crippen molar-refractivity contribution in [3.05, 3.63) is 64.1 Å². The molecule has 0 aliphatic carbocycles. The van der Waals surface area contributed by atoms with Crippen molar-refractivity contribution in [1.29, 1.82) is 0 Å². The molecule has 0 radical (unpaired) electrons. The van der Waals surface area contributed by atoms with Gasteiger partial charge in [0.2, 0.25) is 5.82 Å². The summed E-state index contributed by atoms with van der Waals surface area (Å²) in [6, 6.07) is 8.92. The highest BCUT2D eigenvalue weighted by molar-refractivity contribution is 5.56. The molecule has 0 aliphatic rings. The Morgan fingerprint density at radius 3 is 2.63 bits per heavy atom. The summed E-state index contributed by atoms with van der Waals surface area (Å²) < 4.78 is 12.8. The summed E-state index contributed by atoms with van der Waals surface area (Å²) in [7, 11) is 1.71. The van der Waals surface area contributed by atoms with Crippen molar-refractivity contribution in [3.8, 4) is 0 Å². The molecule has 0 amide bonds. The molecule has 0 saturated carbocycles. The minimum absolute atomic E-state index is 0.0490. The molecule has 0 bridgehead atoms. The smallest absolute Gasteiger partial charge is 0.311 e. The van der Waals surface area contributed by atoms with Gasteiger partial charge in [0.15, 0.2) is 0 Å². The Morgan fingerprint density at radius 1 is 1.32 bits per heavy atom. The van der Waals surface area contributed by atoms with Crippen LogP contribution < -0.4 is 4.90 Å². The number of rotatable bonds is 4. The molecule has 0 aliphatic heterocycles. The Balaban J connectivity index is 2.22. The average molecular weight is 261 g/mol. The van der Waals surface area contributed by atoms with Gasteiger partial charge in [-0.3, -0.25) is 10.1 Å². The fourth-order valence-corrected chi connectivity index (χ4v) is 1.76. The molecule has 0 saturated heterocycles. The second kappa shape index (κ2) is 5.43. The lowest BCUT2D eigenvalue weighted by Gasteiger charge is -2.17. The van der Waals surface area contributed by atoms with Gasteiger partial charge in [-0.1, -0.05) is 12.1 Å². The predicted molar refractivity (Wildman–Crippen MR) is 69.4 cm³/mol. The molecular weight excluding hydrogens is 249 g/mol. The maximum absolute atomic E-state index is 12.8. The normalized spacial score (nSPS) is 10.2. The van der Waals surface area contributed by atoms with E-state index in [9.17, 15) is 14.5 Å². The van der Waals surface area contributed by atoms with Crippen LogP contribution in [-0.2, 0) is 6.54 Å². The van der Waals surface area contributed by atoms with Crippen molar-refractivity contribution >= 4 is 11.5 Å². The van der Waals surface area contributed by atoms with E-state index in [2.05, 4.69) is 4.98 Å². The van der Waals surface area contributed by atoms with E-state index in [1.54, 1.807) is 24.1 Å². The minimum Gasteiger partial charge on any atom is -0.350 e. The summed E-state index contributed by atoms with van der Waals surface area (Å²) in [6.07, 6.45) is 1.50. The van der Waals surface area contributed by atoms with Gasteiger partial charge in [0.1, 0.15) is 5.82 Å². The molecule has 0 N–H and O–H groups in total. The minimum atomic E-state index is -0.469. The van der Waals surface area contributed by atoms with Crippen LogP contribution in [0.2, 0.25) is 0 Å². The highest BCUT2D eigenvalue weighted by Crippen LogP contribution is 2.24. The van der Waals surface area contributed by atoms with Gasteiger partial charge < -0.3 is 4.90 Å². The van der Waals surface area contributed by atoms with Crippen molar-refractivity contribution < 1.29 is 9.31 Å². The molecule has 98 valence electrons. The third kappa shape index (κ3) is 3.04. The zero-order valence-corrected chi connectivity index (χ0v) is 10.3. The first-order valence-corrected chi connectivity index (χ1v) is 5.63. The molecule has 0 fully saturated rings. The standard InChI is InChI=1S/C13H12FN3O2/c1-16(9-10-4-6-11(14)7-5-10)13-12(17(18)19)3-2-8-15-13/h2-8H,9H2,1H3. The lowest BCUT2D eigenvalue weighted by atomic mass is 10.2. The van der Waals surface area contributed by atoms with Crippen molar-refractivity contribution in [1.82, 2.24) is 4.98 Å². The van der Waals surface area contributed by atoms with Crippen LogP contribution in [0.5, 0.6) is 0 Å². The highest BCUT2D eigenvalue weighted by atomic mass is 19.1. The first-order chi connectivity index (χ1) is 9.08. The molecular formula is C13H12FN3O2. The van der Waals surface area contributed by atoms with Gasteiger partial charge in [0.05, 0.1) is 4.92 Å². The Hall–Kier alpha value is -2.50. The fourth-order valence-electron chi connectivity index (χ4n) is 1.76. The molecule has 5 nitrogen and oxygen atoms in total. The lowest BCUT2D eigenvalue weighted by molar-refractivity contribution is -0.384. The first-order valence-electron chi connectivity index (χ1n) is 5.63. The Morgan fingerprint density at radius 2 is 2.00 bits per heavy atom. The number of nitro groups is 1. The monoisotopic (exact) mass is 261 g/mol. The number of hydrogen-bond acceptors (Lipinski definition) is 4. The molecule has 1 heterocycles. The van der Waals surface area contributed by atoms with Crippen molar-refractivity contribution in [2.75, 3.05) is 11.9 Å². The molecule has 1 aromatic heterocycles. The second-order valence-electron chi connectivity index (χ2n) is 4.09. The third-order valence-electron chi connectivity index (χ3n) is 2.66. The summed E-state index contributed by atoms with van der Waals surface area (Å²) in [6.45, 7) is 0.415. The highest BCUT2D eigenvalue weighted by Gasteiger charge is 2.17. The van der Waals surface area contributed by atoms with E-state index in [1.165, 1.54) is 30.5 Å². The van der Waals surface area contributed by atoms with Crippen LogP contribution >= 0.6 is 0 Å². The van der Waals surface area contributed by atoms with Crippen LogP contribution in [0.15, 0.2) is 42.6 Å². The van der Waals surface area contributed by atoms with E-state index in [1.807, 2.05) is 0 Å². The van der Waals surface area contributed by atoms with E-state index < -0.39 is 4.92 Å². The Bertz CT molecular complexity index is 587. The molecule has 6 heteroatoms. The number of hydrogen-bond donors (Lipinski definition) is 0. The molecule has 0 spiro atoms. The van der Waals surface area contributed by atoms with E-state index in [-0.39, 0.29) is 17.3 Å². The van der Waals surface area contributed by atoms with Gasteiger partial charge in [0, 0.05) is 25.9 Å². The maximum atomic E-state index is 12.8. The third-order valence-corrected chi connectivity index (χ3v) is 2.66. The summed E-state index contributed by atoms with van der Waals surface area (Å²) in [5.74, 6) is -0.0213. The number of benzene rings is 1. The topological polar surface area (TPSA) is 59.3 Å². The van der Waals surface area contributed by atoms with Gasteiger partial charge in [-0.05, 0) is 23.8 Å². The van der Waals surface area contributed by atoms with Crippen molar-refractivity contribution in [2.45, 2.75) is 6.54 Å². The Labute approximate surface area is 109 Å². The molecule has 0 unspecified atom stereocenters. The predicted octanol–water partition coefficient (Wildman–Crippen LogP) is 2.77. The summed E-state index contributed by atoms with van der Waals surface area (Å²) >= 11 is 0. The molecule has 19 heavy (non-hydrogen) atoms. The van der Waals surface area contributed by atoms with E-state index >= 15 is 0 Å². The number of pyridine rings is 1. The van der Waals surface area contributed by atoms with Gasteiger partial charge in [-0.15, -0.1) is 0 Å². The van der Waals surface area contributed by atoms with Crippen LogP contribution in [0.25, 0.3) is 0 Å². The largest absolute Gasteiger partial charge is 0.350 e. The quantitative estimate of drug-likeness (QED) is 0.627. The SMILES string of the molecule is CN(Cc1ccc(F)cc1)c1ncccc1[N+](=O)[O-]. The number of nitrogens with zero attached hydrogens (tertiary/aromatic N) is 3. The fraction of sp³-hybridized carbons (Fsp3) is 0.154. The number of halogens is 1. The maximum Gasteiger partial charge on any atom is 0.311 e. The van der Waals surface area contributed by atoms with Gasteiger partial charge in [0.25, 0.3) is 0 Å². The summed E-state index contributed by atoms with van der Waals surface area (Å²) in [5, 5.41) is 10.9. The lowest BCUT2D eigenvalue weighted by Crippen LogP contribution is -2.18. The van der Waals surface area contributed by atoms with E-state index in [0.29, 0.717) is 6.54 Å². The number of aromatic nitrogens is 1. The zero-order chi connectivity index (χ0) is 13.8. The summed E-state index contributed by atoms with van der Waals surface area (Å²) in [4.78, 5) is 16.1. The van der Waals surface area contributed by atoms with Crippen LogP contribution in [0, 0.1) is 15.9 Å². The molecule has 0 atom stereocenters. The van der Waals surface area contributed by atoms with Gasteiger partial charge >= 0.3 is 5.69 Å². The molecule has 1 aromatic carbocycles. The zero-order valence-electron chi connectivity index (χ0n) is 10.3. The first kappa shape index (κ1) is 12.9. The van der Waals surface area contributed by atoms with Crippen LogP contribution in [0.4, 0.5) is 15.9 Å². The van der Waals surface area contributed by atoms with Crippen LogP contribution in [0.1, 0.15) is 5.56 Å². The molecule has 2 aromatic rings. The van der Waals surface area contributed by atoms with Crippen molar-refractivity contribution in [2.24, 2.45) is 0 Å². The van der Waals surface area contributed by atoms with Crippen LogP contribution in [0.3, 0.4) is 0 Å². The van der Waals surface area contributed by atoms with Gasteiger partial charge in [-0.25, -0.2) is 9.37 Å². The van der Waals surface area contributed by atoms with E-state index in [0.717, 1.165) is 5.56 Å². The molecule has 2 rings (SSSR count). The average Bonchev–Trinajstić information content (AvgIpc) is 2.41. The van der Waals surface area contributed by atoms with Gasteiger partial charge in [-0.2, -0.15) is 0 Å². The summed E-state index contributed by atoms with van der Waals surface area (Å²) in [5.41, 5.74) is 0.802. The van der Waals surface area contributed by atoms with Crippen molar-refractivity contribution in [3.63, 3.8) is 0 Å².